The summed E-state index contributed by atoms with van der Waals surface area (Å²) in [5.41, 5.74) is 6.28. The number of anilines is 1. The van der Waals surface area contributed by atoms with Gasteiger partial charge in [-0.3, -0.25) is 14.6 Å². The number of carbonyl (C=O) groups excluding carboxylic acids is 2. The molecule has 0 bridgehead atoms. The zero-order chi connectivity index (χ0) is 30.8. The number of hydrogen-bond acceptors (Lipinski definition) is 4. The Morgan fingerprint density at radius 1 is 0.977 bits per heavy atom. The van der Waals surface area contributed by atoms with Crippen LogP contribution in [0.3, 0.4) is 0 Å². The van der Waals surface area contributed by atoms with Crippen molar-refractivity contribution in [2.24, 2.45) is 7.05 Å². The molecule has 2 aromatic carbocycles. The summed E-state index contributed by atoms with van der Waals surface area (Å²) < 4.78 is 2.17. The van der Waals surface area contributed by atoms with Gasteiger partial charge in [0.2, 0.25) is 5.91 Å². The molecule has 2 aromatic heterocycles. The van der Waals surface area contributed by atoms with Crippen molar-refractivity contribution in [3.8, 4) is 11.4 Å². The van der Waals surface area contributed by atoms with Crippen LogP contribution >= 0.6 is 0 Å². The minimum Gasteiger partial charge on any atom is -0.478 e. The summed E-state index contributed by atoms with van der Waals surface area (Å²) in [5.74, 6) is -1.07. The molecule has 0 atom stereocenters. The highest BCUT2D eigenvalue weighted by Gasteiger charge is 2.42. The van der Waals surface area contributed by atoms with Gasteiger partial charge in [0.1, 0.15) is 5.54 Å². The fraction of sp³-hybridized carbons (Fsp3) is 0.333. The van der Waals surface area contributed by atoms with E-state index in [0.29, 0.717) is 35.6 Å². The molecule has 0 spiro atoms. The van der Waals surface area contributed by atoms with Crippen molar-refractivity contribution < 1.29 is 19.5 Å². The van der Waals surface area contributed by atoms with Crippen LogP contribution in [0.1, 0.15) is 84.3 Å². The van der Waals surface area contributed by atoms with Crippen LogP contribution in [-0.2, 0) is 16.6 Å². The fourth-order valence-electron chi connectivity index (χ4n) is 6.92. The van der Waals surface area contributed by atoms with Crippen LogP contribution in [0.4, 0.5) is 5.69 Å². The number of aromatic nitrogens is 2. The monoisotopic (exact) mass is 590 g/mol. The minimum absolute atomic E-state index is 0.242. The number of rotatable bonds is 8. The predicted molar refractivity (Wildman–Crippen MR) is 173 cm³/mol. The standard InChI is InChI=1S/C36H38N4O4/c1-23-9-17-29(37-22-23)33-32(25-7-3-4-8-25)28-16-13-26(21-30(28)40(33)2)34(43)39-36(19-5-6-20-36)35(44)38-27-14-10-24(11-15-27)12-18-31(41)42/h9-18,21-22,25H,3-8,19-20H2,1-2H3,(H,38,44)(H,39,43)(H,41,42)/b18-12+. The second-order valence-corrected chi connectivity index (χ2v) is 12.2. The number of carboxylic acid groups (broad SMARTS) is 1. The molecule has 3 N–H and O–H groups in total. The molecule has 2 saturated carbocycles. The first kappa shape index (κ1) is 29.4. The maximum atomic E-state index is 13.8. The van der Waals surface area contributed by atoms with Crippen LogP contribution < -0.4 is 10.6 Å². The highest BCUT2D eigenvalue weighted by molar-refractivity contribution is 6.05. The van der Waals surface area contributed by atoms with E-state index in [-0.39, 0.29) is 11.8 Å². The SMILES string of the molecule is Cc1ccc(-c2c(C3CCCC3)c3ccc(C(=O)NC4(C(=O)Nc5ccc(/C=C/C(=O)O)cc5)CCCC4)cc3n2C)nc1. The van der Waals surface area contributed by atoms with Gasteiger partial charge in [-0.1, -0.05) is 49.9 Å². The van der Waals surface area contributed by atoms with Gasteiger partial charge in [-0.15, -0.1) is 0 Å². The topological polar surface area (TPSA) is 113 Å². The Morgan fingerprint density at radius 3 is 2.36 bits per heavy atom. The van der Waals surface area contributed by atoms with Gasteiger partial charge < -0.3 is 20.3 Å². The zero-order valence-corrected chi connectivity index (χ0v) is 25.2. The lowest BCUT2D eigenvalue weighted by atomic mass is 9.92. The molecule has 2 heterocycles. The number of amides is 2. The van der Waals surface area contributed by atoms with Crippen molar-refractivity contribution in [1.29, 1.82) is 0 Å². The molecule has 44 heavy (non-hydrogen) atoms. The lowest BCUT2D eigenvalue weighted by Gasteiger charge is -2.29. The average molecular weight is 591 g/mol. The Balaban J connectivity index is 1.28. The summed E-state index contributed by atoms with van der Waals surface area (Å²) >= 11 is 0. The van der Waals surface area contributed by atoms with Crippen molar-refractivity contribution in [3.63, 3.8) is 0 Å². The minimum atomic E-state index is -1.02. The number of nitrogens with one attached hydrogen (secondary N) is 2. The summed E-state index contributed by atoms with van der Waals surface area (Å²) in [6.07, 6.45) is 12.0. The van der Waals surface area contributed by atoms with E-state index < -0.39 is 11.5 Å². The largest absolute Gasteiger partial charge is 0.478 e. The normalized spacial score (nSPS) is 16.5. The van der Waals surface area contributed by atoms with E-state index >= 15 is 0 Å². The van der Waals surface area contributed by atoms with E-state index in [1.165, 1.54) is 24.5 Å². The Bertz CT molecular complexity index is 1740. The number of aryl methyl sites for hydroxylation is 2. The molecule has 2 aliphatic carbocycles. The number of benzene rings is 2. The van der Waals surface area contributed by atoms with Crippen molar-refractivity contribution in [1.82, 2.24) is 14.9 Å². The lowest BCUT2D eigenvalue weighted by Crippen LogP contribution is -2.55. The molecule has 2 aliphatic rings. The van der Waals surface area contributed by atoms with E-state index in [9.17, 15) is 14.4 Å². The summed E-state index contributed by atoms with van der Waals surface area (Å²) in [6.45, 7) is 2.04. The smallest absolute Gasteiger partial charge is 0.328 e. The number of nitrogens with zero attached hydrogens (tertiary/aromatic N) is 2. The molecule has 226 valence electrons. The maximum Gasteiger partial charge on any atom is 0.328 e. The van der Waals surface area contributed by atoms with Crippen LogP contribution in [0.15, 0.2) is 66.9 Å². The molecule has 0 radical (unpaired) electrons. The number of carboxylic acids is 1. The van der Waals surface area contributed by atoms with Gasteiger partial charge in [0.15, 0.2) is 0 Å². The first-order valence-electron chi connectivity index (χ1n) is 15.4. The van der Waals surface area contributed by atoms with E-state index in [1.807, 2.05) is 32.3 Å². The van der Waals surface area contributed by atoms with E-state index in [2.05, 4.69) is 33.4 Å². The van der Waals surface area contributed by atoms with Gasteiger partial charge >= 0.3 is 5.97 Å². The Hall–Kier alpha value is -4.72. The van der Waals surface area contributed by atoms with Crippen LogP contribution in [0.5, 0.6) is 0 Å². The average Bonchev–Trinajstić information content (AvgIpc) is 3.78. The second kappa shape index (κ2) is 12.1. The molecule has 2 amide bonds. The van der Waals surface area contributed by atoms with Gasteiger partial charge in [-0.25, -0.2) is 4.79 Å². The van der Waals surface area contributed by atoms with E-state index in [4.69, 9.17) is 10.1 Å². The molecular formula is C36H38N4O4. The van der Waals surface area contributed by atoms with E-state index in [0.717, 1.165) is 59.6 Å². The number of pyridine rings is 1. The molecule has 6 rings (SSSR count). The van der Waals surface area contributed by atoms with Crippen molar-refractivity contribution in [3.05, 3.63) is 89.1 Å². The predicted octanol–water partition coefficient (Wildman–Crippen LogP) is 6.99. The Kier molecular flexibility index (Phi) is 8.08. The zero-order valence-electron chi connectivity index (χ0n) is 25.2. The van der Waals surface area contributed by atoms with Crippen molar-refractivity contribution >= 4 is 40.4 Å². The summed E-state index contributed by atoms with van der Waals surface area (Å²) in [5, 5.41) is 16.1. The maximum absolute atomic E-state index is 13.8. The quantitative estimate of drug-likeness (QED) is 0.192. The van der Waals surface area contributed by atoms with Crippen LogP contribution in [-0.4, -0.2) is 38.0 Å². The van der Waals surface area contributed by atoms with Gasteiger partial charge in [0.05, 0.1) is 11.4 Å². The molecule has 0 unspecified atom stereocenters. The first-order chi connectivity index (χ1) is 21.2. The highest BCUT2D eigenvalue weighted by atomic mass is 16.4. The highest BCUT2D eigenvalue weighted by Crippen LogP contribution is 2.44. The van der Waals surface area contributed by atoms with Crippen LogP contribution in [0.2, 0.25) is 0 Å². The fourth-order valence-corrected chi connectivity index (χ4v) is 6.92. The third kappa shape index (κ3) is 5.76. The van der Waals surface area contributed by atoms with Crippen LogP contribution in [0.25, 0.3) is 28.4 Å². The van der Waals surface area contributed by atoms with Gasteiger partial charge in [-0.05, 0) is 91.6 Å². The number of hydrogen-bond donors (Lipinski definition) is 3. The van der Waals surface area contributed by atoms with Gasteiger partial charge in [-0.2, -0.15) is 0 Å². The molecule has 2 fully saturated rings. The molecule has 8 heteroatoms. The molecular weight excluding hydrogens is 552 g/mol. The van der Waals surface area contributed by atoms with E-state index in [1.54, 1.807) is 24.3 Å². The first-order valence-corrected chi connectivity index (χ1v) is 15.4. The Morgan fingerprint density at radius 2 is 1.70 bits per heavy atom. The Labute approximate surface area is 257 Å². The molecule has 0 saturated heterocycles. The lowest BCUT2D eigenvalue weighted by molar-refractivity contribution is -0.131. The van der Waals surface area contributed by atoms with Crippen molar-refractivity contribution in [2.45, 2.75) is 69.7 Å². The molecule has 8 nitrogen and oxygen atoms in total. The summed E-state index contributed by atoms with van der Waals surface area (Å²) in [7, 11) is 2.05. The van der Waals surface area contributed by atoms with Gasteiger partial charge in [0.25, 0.3) is 5.91 Å². The number of aliphatic carboxylic acids is 1. The molecule has 0 aliphatic heterocycles. The van der Waals surface area contributed by atoms with Gasteiger partial charge in [0, 0.05) is 41.5 Å². The third-order valence-electron chi connectivity index (χ3n) is 9.25. The number of fused-ring (bicyclic) bond motifs is 1. The molecule has 4 aromatic rings. The summed E-state index contributed by atoms with van der Waals surface area (Å²) in [6, 6.07) is 17.0. The van der Waals surface area contributed by atoms with Crippen molar-refractivity contribution in [2.75, 3.05) is 5.32 Å². The number of carbonyl (C=O) groups is 3. The second-order valence-electron chi connectivity index (χ2n) is 12.2. The van der Waals surface area contributed by atoms with Crippen LogP contribution in [0, 0.1) is 6.92 Å². The third-order valence-corrected chi connectivity index (χ3v) is 9.25. The summed E-state index contributed by atoms with van der Waals surface area (Å²) in [4.78, 5) is 43.0.